The van der Waals surface area contributed by atoms with Crippen LogP contribution in [0.1, 0.15) is 127 Å². The van der Waals surface area contributed by atoms with Crippen molar-refractivity contribution in [3.05, 3.63) is 11.6 Å². The molecule has 13 aliphatic rings. The zero-order valence-electron chi connectivity index (χ0n) is 64.9. The molecule has 0 bridgehead atoms. The van der Waals surface area contributed by atoms with Crippen LogP contribution in [0.15, 0.2) is 11.6 Å². The standard InChI is InChI=1S/C75H118O39/c1-26-38(81)42(85)47(90)64(102-26)108-54-28(3)104-67(52(95)57(54)111-65-49(92)44(87)53(27(2)103-65)107-63-51(94)55(33(80)24-101-63)109-61-45(88)39(82)31(78)22-99-61)114-69(98)75-18-16-70(4,5)20-30(75)29-10-11-36-71(6)14-13-37(72(7,25-77)35(71)12-15-74(36,9)73(29,8)17-19-75)106-68-59(113-66-48(91)43(86)41(84)34(21-76)105-66)56(50(93)58(112-68)60(96)97)110-62-46(89)40(83)32(79)23-100-62/h10,25-28,30-59,61-68,76,78-95H,11-24H2,1-9H3,(H,96,97)/t26-,27-,28+,30-,31+,32+,33+,34+,35+,36+,37-,38-,39-,40-,41-,42+,43-,44-,45+,46+,47+,48+,49+,50-,51+,52+,53-,54-,55-,56-,57+,58-,59+,61-,62-,63-,64-,65-,66-,67-,68+,71-,72-,73+,74+,75-/m0/s1. The SMILES string of the molecule is C[C@@H]1O[C@@H](O[C@@H]2[C@H](O[C@@H]3O[C@@H](C)[C@H](O[C@@H]4OC[C@@H](O)[C@H](O[C@@H]5OC[C@@H](O)[C@H](O)[C@H]5O)[C@H]4O)[C@@H](O)[C@H]3O)[C@@H](O)[C@H](OC(=O)[C@]34CCC(C)(C)C[C@H]3C3=CC[C@@H]5[C@@]6(C)CC[C@H](O[C@@H]7O[C@H](C(=O)O)[C@@H](O)[C@H](O[C@@H]8OC[C@@H](O)[C@H](O)[C@H]8O)[C@H]7O[C@@H]7O[C@H](CO)[C@H](O)[C@H](O)[C@H]7O)[C@@](C)(C=O)[C@@H]6CC[C@@]5(C)[C@]3(C)CC4)O[C@@H]2C)[C@H](O)[C@H](O)[C@H]1O. The van der Waals surface area contributed by atoms with Crippen LogP contribution in [-0.2, 0) is 90.2 Å². The fourth-order valence-electron chi connectivity index (χ4n) is 21.3. The van der Waals surface area contributed by atoms with Crippen LogP contribution < -0.4 is 0 Å². The number of fused-ring (bicyclic) bond motifs is 7. The number of ether oxygens (including phenoxy) is 16. The van der Waals surface area contributed by atoms with Gasteiger partial charge < -0.3 is 183 Å². The molecule has 39 heteroatoms. The maximum atomic E-state index is 15.9. The van der Waals surface area contributed by atoms with Crippen molar-refractivity contribution in [3.63, 3.8) is 0 Å². The number of rotatable bonds is 19. The summed E-state index contributed by atoms with van der Waals surface area (Å²) in [6.07, 6.45) is -59.7. The lowest BCUT2D eigenvalue weighted by atomic mass is 9.33. The molecule has 8 saturated heterocycles. The van der Waals surface area contributed by atoms with Crippen molar-refractivity contribution in [2.75, 3.05) is 26.4 Å². The van der Waals surface area contributed by atoms with Crippen LogP contribution in [0.3, 0.4) is 0 Å². The van der Waals surface area contributed by atoms with Crippen LogP contribution in [0, 0.1) is 50.2 Å². The van der Waals surface area contributed by atoms with Crippen molar-refractivity contribution < 1.29 is 192 Å². The second-order valence-corrected chi connectivity index (χ2v) is 35.8. The van der Waals surface area contributed by atoms with E-state index >= 15 is 4.79 Å². The van der Waals surface area contributed by atoms with E-state index in [4.69, 9.17) is 75.8 Å². The van der Waals surface area contributed by atoms with Gasteiger partial charge in [0.1, 0.15) is 159 Å². The van der Waals surface area contributed by atoms with E-state index in [1.807, 2.05) is 0 Å². The molecule has 46 atom stereocenters. The third kappa shape index (κ3) is 15.5. The molecule has 0 aromatic carbocycles. The molecule has 0 amide bonds. The average Bonchev–Trinajstić information content (AvgIpc) is 0.673. The molecule has 20 N–H and O–H groups in total. The monoisotopic (exact) mass is 1640 g/mol. The number of carboxylic acid groups (broad SMARTS) is 1. The smallest absolute Gasteiger partial charge is 0.335 e. The number of carbonyl (C=O) groups excluding carboxylic acids is 2. The first kappa shape index (κ1) is 88.8. The van der Waals surface area contributed by atoms with E-state index in [1.54, 1.807) is 6.92 Å². The van der Waals surface area contributed by atoms with Crippen LogP contribution >= 0.6 is 0 Å². The molecular formula is C75H118O39. The second-order valence-electron chi connectivity index (χ2n) is 35.8. The van der Waals surface area contributed by atoms with E-state index in [9.17, 15) is 112 Å². The van der Waals surface area contributed by atoms with E-state index in [-0.39, 0.29) is 17.8 Å². The van der Waals surface area contributed by atoms with Crippen LogP contribution in [0.5, 0.6) is 0 Å². The minimum absolute atomic E-state index is 0.126. The van der Waals surface area contributed by atoms with Gasteiger partial charge in [-0.05, 0) is 124 Å². The number of esters is 1. The number of carbonyl (C=O) groups is 3. The van der Waals surface area contributed by atoms with E-state index in [0.717, 1.165) is 11.9 Å². The Kier molecular flexibility index (Phi) is 26.2. The summed E-state index contributed by atoms with van der Waals surface area (Å²) in [5, 5.41) is 220. The van der Waals surface area contributed by atoms with Gasteiger partial charge in [0.2, 0.25) is 6.29 Å². The molecule has 39 nitrogen and oxygen atoms in total. The number of aliphatic carboxylic acids is 1. The van der Waals surface area contributed by atoms with Crippen molar-refractivity contribution in [2.24, 2.45) is 50.2 Å². The molecule has 0 aromatic heterocycles. The van der Waals surface area contributed by atoms with Crippen molar-refractivity contribution in [1.29, 1.82) is 0 Å². The van der Waals surface area contributed by atoms with Crippen molar-refractivity contribution in [2.45, 2.75) is 360 Å². The highest BCUT2D eigenvalue weighted by Gasteiger charge is 2.72. The molecular weight excluding hydrogens is 1520 g/mol. The third-order valence-electron chi connectivity index (χ3n) is 28.5. The highest BCUT2D eigenvalue weighted by molar-refractivity contribution is 5.79. The number of hydrogen-bond donors (Lipinski definition) is 20. The number of hydrogen-bond acceptors (Lipinski definition) is 38. The topological polar surface area (TPSA) is 603 Å². The highest BCUT2D eigenvalue weighted by Crippen LogP contribution is 2.76. The largest absolute Gasteiger partial charge is 0.479 e. The number of aldehydes is 1. The number of allylic oxidation sites excluding steroid dienone is 2. The maximum Gasteiger partial charge on any atom is 0.335 e. The summed E-state index contributed by atoms with van der Waals surface area (Å²) in [6, 6.07) is 0. The molecule has 0 spiro atoms. The molecule has 4 saturated carbocycles. The van der Waals surface area contributed by atoms with Gasteiger partial charge in [-0.2, -0.15) is 0 Å². The molecule has 0 radical (unpaired) electrons. The molecule has 12 fully saturated rings. The van der Waals surface area contributed by atoms with Gasteiger partial charge in [-0.25, -0.2) is 4.79 Å². The molecule has 114 heavy (non-hydrogen) atoms. The Morgan fingerprint density at radius 3 is 1.55 bits per heavy atom. The van der Waals surface area contributed by atoms with Gasteiger partial charge in [0.05, 0.1) is 61.7 Å². The Bertz CT molecular complexity index is 3360. The van der Waals surface area contributed by atoms with Crippen LogP contribution in [0.25, 0.3) is 0 Å². The van der Waals surface area contributed by atoms with Gasteiger partial charge in [0, 0.05) is 0 Å². The summed E-state index contributed by atoms with van der Waals surface area (Å²) in [7, 11) is 0. The fourth-order valence-corrected chi connectivity index (χ4v) is 21.3. The Hall–Kier alpha value is -3.01. The highest BCUT2D eigenvalue weighted by atomic mass is 16.8. The van der Waals surface area contributed by atoms with E-state index < -0.39 is 311 Å². The molecule has 8 heterocycles. The summed E-state index contributed by atoms with van der Waals surface area (Å²) in [5.41, 5.74) is -3.71. The predicted molar refractivity (Wildman–Crippen MR) is 372 cm³/mol. The summed E-state index contributed by atoms with van der Waals surface area (Å²) in [5.74, 6) is -3.48. The van der Waals surface area contributed by atoms with E-state index in [1.165, 1.54) is 20.8 Å². The van der Waals surface area contributed by atoms with Gasteiger partial charge >= 0.3 is 11.9 Å². The minimum atomic E-state index is -2.22. The Morgan fingerprint density at radius 2 is 0.939 bits per heavy atom. The molecule has 13 rings (SSSR count). The summed E-state index contributed by atoms with van der Waals surface area (Å²) in [6.45, 7) is 14.4. The van der Waals surface area contributed by atoms with Crippen LogP contribution in [-0.4, -0.2) is 380 Å². The lowest BCUT2D eigenvalue weighted by Gasteiger charge is -2.71. The summed E-state index contributed by atoms with van der Waals surface area (Å²) < 4.78 is 96.6. The van der Waals surface area contributed by atoms with Crippen LogP contribution in [0.4, 0.5) is 0 Å². The van der Waals surface area contributed by atoms with Crippen LogP contribution in [0.2, 0.25) is 0 Å². The summed E-state index contributed by atoms with van der Waals surface area (Å²) in [4.78, 5) is 43.3. The first-order valence-corrected chi connectivity index (χ1v) is 39.7. The van der Waals surface area contributed by atoms with Gasteiger partial charge in [-0.15, -0.1) is 0 Å². The average molecular weight is 1640 g/mol. The summed E-state index contributed by atoms with van der Waals surface area (Å²) >= 11 is 0. The molecule has 652 valence electrons. The Balaban J connectivity index is 0.743. The predicted octanol–water partition coefficient (Wildman–Crippen LogP) is -6.47. The van der Waals surface area contributed by atoms with E-state index in [0.29, 0.717) is 57.8 Å². The second kappa shape index (κ2) is 33.7. The zero-order chi connectivity index (χ0) is 83.0. The van der Waals surface area contributed by atoms with E-state index in [2.05, 4.69) is 40.7 Å². The number of carboxylic acids is 1. The normalized spacial score (nSPS) is 55.1. The first-order valence-electron chi connectivity index (χ1n) is 39.7. The van der Waals surface area contributed by atoms with Crippen molar-refractivity contribution in [3.8, 4) is 0 Å². The Morgan fingerprint density at radius 1 is 0.447 bits per heavy atom. The first-order chi connectivity index (χ1) is 53.5. The van der Waals surface area contributed by atoms with Gasteiger partial charge in [-0.1, -0.05) is 53.2 Å². The molecule has 0 aromatic rings. The van der Waals surface area contributed by atoms with Crippen molar-refractivity contribution in [1.82, 2.24) is 0 Å². The number of aliphatic hydroxyl groups is 19. The maximum absolute atomic E-state index is 15.9. The molecule has 8 aliphatic heterocycles. The number of aliphatic hydroxyl groups excluding tert-OH is 19. The van der Waals surface area contributed by atoms with Gasteiger partial charge in [0.25, 0.3) is 0 Å². The minimum Gasteiger partial charge on any atom is -0.479 e. The zero-order valence-corrected chi connectivity index (χ0v) is 64.9. The lowest BCUT2D eigenvalue weighted by Crippen LogP contribution is -2.69. The third-order valence-corrected chi connectivity index (χ3v) is 28.5. The fraction of sp³-hybridized carbons (Fsp3) is 0.933. The quantitative estimate of drug-likeness (QED) is 0.0247. The molecule has 5 aliphatic carbocycles. The lowest BCUT2D eigenvalue weighted by molar-refractivity contribution is -0.391. The Labute approximate surface area is 656 Å². The van der Waals surface area contributed by atoms with Gasteiger partial charge in [-0.3, -0.25) is 4.79 Å². The van der Waals surface area contributed by atoms with Gasteiger partial charge in [0.15, 0.2) is 50.1 Å². The molecule has 0 unspecified atom stereocenters. The van der Waals surface area contributed by atoms with Crippen molar-refractivity contribution >= 4 is 18.2 Å².